The molecule has 0 radical (unpaired) electrons. The molecular weight excluding hydrogens is 285 g/mol. The molecule has 122 valence electrons. The SMILES string of the molecule is N#CC1(F)CCN(C(=O)C2COCCN2C2CCCC2)CC1. The number of carbonyl (C=O) groups is 1. The molecule has 1 aliphatic carbocycles. The van der Waals surface area contributed by atoms with Crippen LogP contribution >= 0.6 is 0 Å². The highest BCUT2D eigenvalue weighted by atomic mass is 19.1. The Balaban J connectivity index is 1.64. The van der Waals surface area contributed by atoms with Crippen LogP contribution in [0.25, 0.3) is 0 Å². The summed E-state index contributed by atoms with van der Waals surface area (Å²) in [6.45, 7) is 2.59. The lowest BCUT2D eigenvalue weighted by Gasteiger charge is -2.42. The summed E-state index contributed by atoms with van der Waals surface area (Å²) in [7, 11) is 0. The third-order valence-corrected chi connectivity index (χ3v) is 5.32. The Bertz CT molecular complexity index is 451. The lowest BCUT2D eigenvalue weighted by Crippen LogP contribution is -2.59. The molecule has 6 heteroatoms. The predicted molar refractivity (Wildman–Crippen MR) is 78.8 cm³/mol. The number of alkyl halides is 1. The van der Waals surface area contributed by atoms with E-state index < -0.39 is 5.67 Å². The fourth-order valence-corrected chi connectivity index (χ4v) is 3.91. The van der Waals surface area contributed by atoms with Crippen LogP contribution in [0.4, 0.5) is 4.39 Å². The Morgan fingerprint density at radius 3 is 2.55 bits per heavy atom. The Kier molecular flexibility index (Phi) is 4.65. The molecule has 3 aliphatic rings. The standard InChI is InChI=1S/C16H24FN3O2/c17-16(12-18)5-7-19(8-6-16)15(21)14-11-22-10-9-20(14)13-3-1-2-4-13/h13-14H,1-11H2. The van der Waals surface area contributed by atoms with Crippen LogP contribution in [0.5, 0.6) is 0 Å². The number of likely N-dealkylation sites (tertiary alicyclic amines) is 1. The Morgan fingerprint density at radius 2 is 1.91 bits per heavy atom. The number of morpholine rings is 1. The lowest BCUT2D eigenvalue weighted by molar-refractivity contribution is -0.147. The topological polar surface area (TPSA) is 56.6 Å². The van der Waals surface area contributed by atoms with Gasteiger partial charge in [0.2, 0.25) is 5.91 Å². The van der Waals surface area contributed by atoms with E-state index in [1.807, 2.05) is 0 Å². The number of ether oxygens (including phenoxy) is 1. The van der Waals surface area contributed by atoms with E-state index in [4.69, 9.17) is 10.00 Å². The van der Waals surface area contributed by atoms with E-state index in [1.165, 1.54) is 12.8 Å². The van der Waals surface area contributed by atoms with Crippen molar-refractivity contribution in [1.29, 1.82) is 5.26 Å². The van der Waals surface area contributed by atoms with E-state index in [-0.39, 0.29) is 24.8 Å². The van der Waals surface area contributed by atoms with Crippen molar-refractivity contribution in [3.8, 4) is 6.07 Å². The zero-order valence-electron chi connectivity index (χ0n) is 13.0. The normalized spacial score (nSPS) is 30.2. The second-order valence-corrected chi connectivity index (χ2v) is 6.67. The highest BCUT2D eigenvalue weighted by Crippen LogP contribution is 2.29. The van der Waals surface area contributed by atoms with Crippen LogP contribution in [0.3, 0.4) is 0 Å². The van der Waals surface area contributed by atoms with Gasteiger partial charge in [-0.3, -0.25) is 9.69 Å². The first-order valence-corrected chi connectivity index (χ1v) is 8.35. The molecule has 2 saturated heterocycles. The quantitative estimate of drug-likeness (QED) is 0.775. The fraction of sp³-hybridized carbons (Fsp3) is 0.875. The average molecular weight is 309 g/mol. The minimum Gasteiger partial charge on any atom is -0.378 e. The van der Waals surface area contributed by atoms with Gasteiger partial charge in [-0.15, -0.1) is 0 Å². The molecule has 2 heterocycles. The monoisotopic (exact) mass is 309 g/mol. The van der Waals surface area contributed by atoms with Gasteiger partial charge in [-0.1, -0.05) is 12.8 Å². The average Bonchev–Trinajstić information content (AvgIpc) is 3.09. The molecule has 1 atom stereocenters. The number of halogens is 1. The second-order valence-electron chi connectivity index (χ2n) is 6.67. The Morgan fingerprint density at radius 1 is 1.23 bits per heavy atom. The van der Waals surface area contributed by atoms with Gasteiger partial charge < -0.3 is 9.64 Å². The van der Waals surface area contributed by atoms with E-state index in [0.717, 1.165) is 19.4 Å². The Hall–Kier alpha value is -1.19. The van der Waals surface area contributed by atoms with E-state index in [1.54, 1.807) is 11.0 Å². The van der Waals surface area contributed by atoms with Gasteiger partial charge >= 0.3 is 0 Å². The molecule has 0 bridgehead atoms. The van der Waals surface area contributed by atoms with Crippen molar-refractivity contribution in [1.82, 2.24) is 9.80 Å². The van der Waals surface area contributed by atoms with Crippen molar-refractivity contribution in [2.75, 3.05) is 32.8 Å². The van der Waals surface area contributed by atoms with Crippen LogP contribution in [0.15, 0.2) is 0 Å². The molecule has 5 nitrogen and oxygen atoms in total. The number of nitriles is 1. The van der Waals surface area contributed by atoms with Crippen molar-refractivity contribution in [3.05, 3.63) is 0 Å². The second kappa shape index (κ2) is 6.51. The Labute approximate surface area is 131 Å². The molecule has 0 N–H and O–H groups in total. The minimum absolute atomic E-state index is 0.0478. The highest BCUT2D eigenvalue weighted by Gasteiger charge is 2.41. The summed E-state index contributed by atoms with van der Waals surface area (Å²) in [5.41, 5.74) is -1.76. The molecule has 1 saturated carbocycles. The van der Waals surface area contributed by atoms with E-state index in [2.05, 4.69) is 4.90 Å². The molecule has 22 heavy (non-hydrogen) atoms. The molecule has 2 aliphatic heterocycles. The van der Waals surface area contributed by atoms with Gasteiger partial charge in [0, 0.05) is 38.5 Å². The van der Waals surface area contributed by atoms with Crippen LogP contribution < -0.4 is 0 Å². The predicted octanol–water partition coefficient (Wildman–Crippen LogP) is 1.48. The molecule has 0 aromatic carbocycles. The smallest absolute Gasteiger partial charge is 0.242 e. The molecule has 3 rings (SSSR count). The molecule has 1 unspecified atom stereocenters. The van der Waals surface area contributed by atoms with Gasteiger partial charge in [0.15, 0.2) is 5.67 Å². The van der Waals surface area contributed by atoms with Gasteiger partial charge in [0.1, 0.15) is 12.1 Å². The zero-order valence-corrected chi connectivity index (χ0v) is 13.0. The number of hydrogen-bond acceptors (Lipinski definition) is 4. The van der Waals surface area contributed by atoms with Crippen molar-refractivity contribution in [2.24, 2.45) is 0 Å². The van der Waals surface area contributed by atoms with Crippen LogP contribution in [0.2, 0.25) is 0 Å². The molecule has 0 aromatic heterocycles. The van der Waals surface area contributed by atoms with Crippen LogP contribution in [0.1, 0.15) is 38.5 Å². The summed E-state index contributed by atoms with van der Waals surface area (Å²) >= 11 is 0. The molecule has 1 amide bonds. The van der Waals surface area contributed by atoms with Crippen LogP contribution in [-0.2, 0) is 9.53 Å². The highest BCUT2D eigenvalue weighted by molar-refractivity contribution is 5.82. The largest absolute Gasteiger partial charge is 0.378 e. The van der Waals surface area contributed by atoms with Gasteiger partial charge in [-0.2, -0.15) is 5.26 Å². The first-order chi connectivity index (χ1) is 10.6. The number of amides is 1. The van der Waals surface area contributed by atoms with Crippen molar-refractivity contribution < 1.29 is 13.9 Å². The first kappa shape index (κ1) is 15.7. The summed E-state index contributed by atoms with van der Waals surface area (Å²) in [4.78, 5) is 16.8. The van der Waals surface area contributed by atoms with Crippen molar-refractivity contribution in [2.45, 2.75) is 56.3 Å². The minimum atomic E-state index is -1.76. The molecule has 0 spiro atoms. The summed E-state index contributed by atoms with van der Waals surface area (Å²) in [5.74, 6) is 0.0478. The number of nitrogens with zero attached hydrogens (tertiary/aromatic N) is 3. The number of piperidine rings is 1. The van der Waals surface area contributed by atoms with E-state index in [9.17, 15) is 9.18 Å². The summed E-state index contributed by atoms with van der Waals surface area (Å²) in [6.07, 6.45) is 5.02. The van der Waals surface area contributed by atoms with Gasteiger partial charge in [-0.25, -0.2) is 4.39 Å². The maximum absolute atomic E-state index is 14.0. The number of carbonyl (C=O) groups excluding carboxylic acids is 1. The van der Waals surface area contributed by atoms with E-state index in [0.29, 0.717) is 32.3 Å². The number of hydrogen-bond donors (Lipinski definition) is 0. The third-order valence-electron chi connectivity index (χ3n) is 5.32. The molecule has 0 aromatic rings. The maximum atomic E-state index is 14.0. The summed E-state index contributed by atoms with van der Waals surface area (Å²) in [6, 6.07) is 1.99. The molecular formula is C16H24FN3O2. The third kappa shape index (κ3) is 3.11. The maximum Gasteiger partial charge on any atom is 0.242 e. The van der Waals surface area contributed by atoms with Gasteiger partial charge in [0.05, 0.1) is 13.2 Å². The summed E-state index contributed by atoms with van der Waals surface area (Å²) < 4.78 is 19.5. The summed E-state index contributed by atoms with van der Waals surface area (Å²) in [5, 5.41) is 8.85. The van der Waals surface area contributed by atoms with Crippen molar-refractivity contribution >= 4 is 5.91 Å². The lowest BCUT2D eigenvalue weighted by atomic mass is 9.94. The first-order valence-electron chi connectivity index (χ1n) is 8.35. The van der Waals surface area contributed by atoms with Gasteiger partial charge in [-0.05, 0) is 12.8 Å². The van der Waals surface area contributed by atoms with Crippen molar-refractivity contribution in [3.63, 3.8) is 0 Å². The van der Waals surface area contributed by atoms with Crippen LogP contribution in [0, 0.1) is 11.3 Å². The van der Waals surface area contributed by atoms with Crippen LogP contribution in [-0.4, -0.2) is 66.3 Å². The molecule has 3 fully saturated rings. The fourth-order valence-electron chi connectivity index (χ4n) is 3.91. The number of rotatable bonds is 2. The zero-order chi connectivity index (χ0) is 15.6. The van der Waals surface area contributed by atoms with Gasteiger partial charge in [0.25, 0.3) is 0 Å². The van der Waals surface area contributed by atoms with E-state index >= 15 is 0 Å².